The van der Waals surface area contributed by atoms with Gasteiger partial charge in [-0.05, 0) is 21.2 Å². The van der Waals surface area contributed by atoms with E-state index in [0.29, 0.717) is 10.8 Å². The van der Waals surface area contributed by atoms with Gasteiger partial charge in [0.05, 0.1) is 0 Å². The van der Waals surface area contributed by atoms with Crippen molar-refractivity contribution in [2.75, 3.05) is 0 Å². The van der Waals surface area contributed by atoms with E-state index in [1.54, 1.807) is 24.3 Å². The quantitative estimate of drug-likeness (QED) is 0.398. The molecule has 0 spiro atoms. The summed E-state index contributed by atoms with van der Waals surface area (Å²) in [5.41, 5.74) is -0.876. The van der Waals surface area contributed by atoms with Crippen LogP contribution in [0.15, 0.2) is 46.0 Å². The predicted molar refractivity (Wildman–Crippen MR) is 105 cm³/mol. The van der Waals surface area contributed by atoms with Crippen LogP contribution in [-0.4, -0.2) is 0 Å². The van der Waals surface area contributed by atoms with Crippen molar-refractivity contribution in [1.82, 2.24) is 0 Å². The van der Waals surface area contributed by atoms with E-state index in [1.807, 2.05) is 12.1 Å². The van der Waals surface area contributed by atoms with Crippen molar-refractivity contribution in [3.63, 3.8) is 0 Å². The largest absolute Gasteiger partial charge is 0.285 e. The summed E-state index contributed by atoms with van der Waals surface area (Å²) in [6, 6.07) is 10.8. The third-order valence-electron chi connectivity index (χ3n) is 4.59. The molecule has 4 aromatic rings. The average molecular weight is 316 g/mol. The van der Waals surface area contributed by atoms with E-state index in [4.69, 9.17) is 0 Å². The highest BCUT2D eigenvalue weighted by Gasteiger charge is 2.15. The monoisotopic (exact) mass is 316 g/mol. The molecule has 0 saturated carbocycles. The van der Waals surface area contributed by atoms with E-state index in [0.717, 1.165) is 32.0 Å². The van der Waals surface area contributed by atoms with Crippen molar-refractivity contribution in [2.24, 2.45) is 0 Å². The van der Waals surface area contributed by atoms with Gasteiger partial charge in [0.1, 0.15) is 0 Å². The number of rotatable bonds is 1. The number of hydrogen-bond donors (Lipinski definition) is 0. The molecule has 24 heavy (non-hydrogen) atoms. The molecule has 4 aromatic carbocycles. The van der Waals surface area contributed by atoms with Gasteiger partial charge in [-0.2, -0.15) is 0 Å². The van der Waals surface area contributed by atoms with E-state index in [1.165, 1.54) is 12.8 Å². The first-order chi connectivity index (χ1) is 11.5. The lowest BCUT2D eigenvalue weighted by Crippen LogP contribution is -2.29. The minimum atomic E-state index is -0.438. The molecule has 0 amide bonds. The van der Waals surface area contributed by atoms with Crippen molar-refractivity contribution in [3.05, 3.63) is 67.3 Å². The average Bonchev–Trinajstić information content (AvgIpc) is 2.63. The first-order valence-corrected chi connectivity index (χ1v) is 8.27. The second kappa shape index (κ2) is 6.04. The summed E-state index contributed by atoms with van der Waals surface area (Å²) in [6.07, 6.45) is 2.64. The van der Waals surface area contributed by atoms with E-state index < -0.39 is 10.9 Å². The van der Waals surface area contributed by atoms with Gasteiger partial charge in [0, 0.05) is 21.5 Å². The molecule has 2 heteroatoms. The standard InChI is InChI=1S/C18H10O2.C4H10/c1-9-10(2)12-6-4-8-14-16(12)15-11(9)5-3-7-13(15)17(19)18(14)20;1-3-4-2/h3-8H,1-2H2;3-4H2,1-2H3. The maximum atomic E-state index is 12.3. The van der Waals surface area contributed by atoms with Crippen LogP contribution in [0.4, 0.5) is 0 Å². The lowest BCUT2D eigenvalue weighted by molar-refractivity contribution is 0.886. The van der Waals surface area contributed by atoms with Gasteiger partial charge in [-0.3, -0.25) is 9.59 Å². The van der Waals surface area contributed by atoms with Crippen LogP contribution in [0, 0.1) is 0 Å². The lowest BCUT2D eigenvalue weighted by atomic mass is 9.92. The van der Waals surface area contributed by atoms with Gasteiger partial charge in [-0.25, -0.2) is 0 Å². The minimum absolute atomic E-state index is 0.438. The highest BCUT2D eigenvalue weighted by Crippen LogP contribution is 2.26. The topological polar surface area (TPSA) is 34.1 Å². The molecule has 0 unspecified atom stereocenters. The fourth-order valence-corrected chi connectivity index (χ4v) is 3.09. The molecule has 2 nitrogen and oxygen atoms in total. The van der Waals surface area contributed by atoms with Gasteiger partial charge in [-0.15, -0.1) is 0 Å². The Morgan fingerprint density at radius 1 is 0.667 bits per heavy atom. The maximum Gasteiger partial charge on any atom is 0.234 e. The normalized spacial score (nSPS) is 11.1. The van der Waals surface area contributed by atoms with E-state index in [2.05, 4.69) is 27.0 Å². The summed E-state index contributed by atoms with van der Waals surface area (Å²) in [6.45, 7) is 12.5. The zero-order valence-corrected chi connectivity index (χ0v) is 14.1. The summed E-state index contributed by atoms with van der Waals surface area (Å²) in [5.74, 6) is 0. The second-order valence-electron chi connectivity index (χ2n) is 6.07. The van der Waals surface area contributed by atoms with Gasteiger partial charge in [0.2, 0.25) is 10.9 Å². The Balaban J connectivity index is 0.000000383. The molecular weight excluding hydrogens is 296 g/mol. The highest BCUT2D eigenvalue weighted by molar-refractivity contribution is 6.22. The van der Waals surface area contributed by atoms with Crippen molar-refractivity contribution in [2.45, 2.75) is 26.7 Å². The van der Waals surface area contributed by atoms with Gasteiger partial charge in [-0.1, -0.05) is 76.2 Å². The Hall–Kier alpha value is -2.74. The molecular formula is C22H20O2. The number of unbranched alkanes of at least 4 members (excludes halogenated alkanes) is 1. The molecule has 0 N–H and O–H groups in total. The zero-order chi connectivity index (χ0) is 17.4. The molecule has 0 fully saturated rings. The Morgan fingerprint density at radius 3 is 1.33 bits per heavy atom. The second-order valence-corrected chi connectivity index (χ2v) is 6.07. The van der Waals surface area contributed by atoms with Crippen LogP contribution in [0.25, 0.3) is 45.5 Å². The van der Waals surface area contributed by atoms with E-state index >= 15 is 0 Å². The molecule has 0 atom stereocenters. The molecule has 0 bridgehead atoms. The van der Waals surface area contributed by atoms with Crippen LogP contribution in [0.5, 0.6) is 0 Å². The van der Waals surface area contributed by atoms with Crippen molar-refractivity contribution >= 4 is 45.5 Å². The first kappa shape index (κ1) is 16.1. The number of hydrogen-bond acceptors (Lipinski definition) is 2. The van der Waals surface area contributed by atoms with Gasteiger partial charge >= 0.3 is 0 Å². The molecule has 0 aliphatic rings. The third-order valence-corrected chi connectivity index (χ3v) is 4.59. The molecule has 0 aliphatic heterocycles. The highest BCUT2D eigenvalue weighted by atomic mass is 16.2. The Labute approximate surface area is 140 Å². The summed E-state index contributed by atoms with van der Waals surface area (Å²) >= 11 is 0. The maximum absolute atomic E-state index is 12.3. The Bertz CT molecular complexity index is 1050. The van der Waals surface area contributed by atoms with Crippen LogP contribution < -0.4 is 21.3 Å². The van der Waals surface area contributed by atoms with E-state index in [-0.39, 0.29) is 0 Å². The molecule has 0 radical (unpaired) electrons. The molecule has 0 aromatic heterocycles. The summed E-state index contributed by atoms with van der Waals surface area (Å²) in [7, 11) is 0. The third kappa shape index (κ3) is 2.18. The lowest BCUT2D eigenvalue weighted by Gasteiger charge is -2.10. The first-order valence-electron chi connectivity index (χ1n) is 8.27. The van der Waals surface area contributed by atoms with E-state index in [9.17, 15) is 9.59 Å². The molecule has 4 rings (SSSR count). The zero-order valence-electron chi connectivity index (χ0n) is 14.1. The van der Waals surface area contributed by atoms with Gasteiger partial charge in [0.25, 0.3) is 0 Å². The van der Waals surface area contributed by atoms with Crippen LogP contribution in [0.1, 0.15) is 26.7 Å². The SMILES string of the molecule is C=c1c(=C)c2cccc3c(=O)c(=O)c4cccc1c4c23.CCCC. The summed E-state index contributed by atoms with van der Waals surface area (Å²) < 4.78 is 0. The Kier molecular flexibility index (Phi) is 4.06. The smallest absolute Gasteiger partial charge is 0.234 e. The Morgan fingerprint density at radius 2 is 1.00 bits per heavy atom. The summed E-state index contributed by atoms with van der Waals surface area (Å²) in [4.78, 5) is 24.5. The van der Waals surface area contributed by atoms with Crippen LogP contribution in [0.2, 0.25) is 0 Å². The summed E-state index contributed by atoms with van der Waals surface area (Å²) in [5, 5.41) is 6.03. The predicted octanol–water partition coefficient (Wildman–Crippen LogP) is 3.37. The van der Waals surface area contributed by atoms with Crippen molar-refractivity contribution < 1.29 is 0 Å². The molecule has 0 heterocycles. The van der Waals surface area contributed by atoms with Crippen LogP contribution in [0.3, 0.4) is 0 Å². The van der Waals surface area contributed by atoms with Gasteiger partial charge in [0.15, 0.2) is 0 Å². The van der Waals surface area contributed by atoms with Crippen molar-refractivity contribution in [1.29, 1.82) is 0 Å². The van der Waals surface area contributed by atoms with Crippen LogP contribution in [-0.2, 0) is 0 Å². The fraction of sp³-hybridized carbons (Fsp3) is 0.182. The van der Waals surface area contributed by atoms with Crippen molar-refractivity contribution in [3.8, 4) is 0 Å². The fourth-order valence-electron chi connectivity index (χ4n) is 3.09. The molecule has 120 valence electrons. The molecule has 0 aliphatic carbocycles. The number of benzene rings is 4. The van der Waals surface area contributed by atoms with Crippen LogP contribution >= 0.6 is 0 Å². The van der Waals surface area contributed by atoms with Gasteiger partial charge < -0.3 is 0 Å². The molecule has 0 saturated heterocycles. The minimum Gasteiger partial charge on any atom is -0.285 e.